The molecular weight excluding hydrogens is 328 g/mol. The molecule has 0 heterocycles. The van der Waals surface area contributed by atoms with E-state index in [0.717, 1.165) is 5.56 Å². The number of carbonyl (C=O) groups excluding carboxylic acids is 2. The number of carbonyl (C=O) groups is 2. The standard InChI is InChI=1S/C21H22N2O3/c1-21(2,3)23(14-16-8-5-4-6-9-16)19(24)15-26-20(25)18-11-7-10-17(12-18)13-22/h4-12H,14-15H2,1-3H3. The molecule has 0 fully saturated rings. The SMILES string of the molecule is CC(C)(C)N(Cc1ccccc1)C(=O)COC(=O)c1cccc(C#N)c1. The van der Waals surface area contributed by atoms with E-state index >= 15 is 0 Å². The summed E-state index contributed by atoms with van der Waals surface area (Å²) >= 11 is 0. The lowest BCUT2D eigenvalue weighted by Gasteiger charge is -2.35. The van der Waals surface area contributed by atoms with Gasteiger partial charge in [0.05, 0.1) is 17.2 Å². The zero-order valence-corrected chi connectivity index (χ0v) is 15.2. The Morgan fingerprint density at radius 3 is 2.38 bits per heavy atom. The number of hydrogen-bond acceptors (Lipinski definition) is 4. The predicted octanol–water partition coefficient (Wildman–Crippen LogP) is 3.54. The molecule has 26 heavy (non-hydrogen) atoms. The normalized spacial score (nSPS) is 10.7. The molecule has 0 unspecified atom stereocenters. The van der Waals surface area contributed by atoms with Crippen molar-refractivity contribution >= 4 is 11.9 Å². The van der Waals surface area contributed by atoms with Crippen molar-refractivity contribution in [2.45, 2.75) is 32.9 Å². The topological polar surface area (TPSA) is 70.4 Å². The van der Waals surface area contributed by atoms with E-state index in [9.17, 15) is 9.59 Å². The van der Waals surface area contributed by atoms with Crippen molar-refractivity contribution in [2.24, 2.45) is 0 Å². The van der Waals surface area contributed by atoms with Gasteiger partial charge in [0.2, 0.25) is 0 Å². The minimum atomic E-state index is -0.621. The van der Waals surface area contributed by atoms with Gasteiger partial charge >= 0.3 is 5.97 Å². The second-order valence-electron chi connectivity index (χ2n) is 6.91. The van der Waals surface area contributed by atoms with Crippen LogP contribution in [-0.4, -0.2) is 28.9 Å². The van der Waals surface area contributed by atoms with E-state index in [1.165, 1.54) is 6.07 Å². The highest BCUT2D eigenvalue weighted by Gasteiger charge is 2.27. The molecular formula is C21H22N2O3. The highest BCUT2D eigenvalue weighted by molar-refractivity contribution is 5.91. The molecule has 5 nitrogen and oxygen atoms in total. The Hall–Kier alpha value is -3.13. The number of esters is 1. The largest absolute Gasteiger partial charge is 0.452 e. The number of hydrogen-bond donors (Lipinski definition) is 0. The molecule has 2 rings (SSSR count). The molecule has 0 saturated heterocycles. The molecule has 2 aromatic carbocycles. The van der Waals surface area contributed by atoms with Crippen molar-refractivity contribution < 1.29 is 14.3 Å². The molecule has 0 aliphatic heterocycles. The number of ether oxygens (including phenoxy) is 1. The van der Waals surface area contributed by atoms with Gasteiger partial charge in [-0.05, 0) is 44.5 Å². The molecule has 0 radical (unpaired) electrons. The van der Waals surface area contributed by atoms with Gasteiger partial charge in [-0.1, -0.05) is 36.4 Å². The molecule has 5 heteroatoms. The molecule has 0 aliphatic carbocycles. The molecule has 2 aromatic rings. The highest BCUT2D eigenvalue weighted by atomic mass is 16.5. The van der Waals surface area contributed by atoms with Crippen molar-refractivity contribution in [1.82, 2.24) is 4.90 Å². The number of benzene rings is 2. The summed E-state index contributed by atoms with van der Waals surface area (Å²) in [6, 6.07) is 17.8. The van der Waals surface area contributed by atoms with Crippen LogP contribution in [0.25, 0.3) is 0 Å². The monoisotopic (exact) mass is 350 g/mol. The first-order valence-electron chi connectivity index (χ1n) is 8.33. The van der Waals surface area contributed by atoms with E-state index in [-0.39, 0.29) is 18.1 Å². The smallest absolute Gasteiger partial charge is 0.338 e. The second kappa shape index (κ2) is 8.30. The molecule has 0 N–H and O–H groups in total. The Kier molecular flexibility index (Phi) is 6.13. The fourth-order valence-electron chi connectivity index (χ4n) is 2.47. The van der Waals surface area contributed by atoms with Crippen LogP contribution < -0.4 is 0 Å². The molecule has 0 aliphatic rings. The molecule has 0 saturated carbocycles. The van der Waals surface area contributed by atoms with Crippen LogP contribution in [0.5, 0.6) is 0 Å². The summed E-state index contributed by atoms with van der Waals surface area (Å²) in [5.41, 5.74) is 1.21. The van der Waals surface area contributed by atoms with E-state index in [4.69, 9.17) is 10.00 Å². The maximum atomic E-state index is 12.6. The zero-order chi connectivity index (χ0) is 19.2. The average Bonchev–Trinajstić information content (AvgIpc) is 2.63. The van der Waals surface area contributed by atoms with Gasteiger partial charge in [-0.25, -0.2) is 4.79 Å². The van der Waals surface area contributed by atoms with Crippen molar-refractivity contribution in [2.75, 3.05) is 6.61 Å². The summed E-state index contributed by atoms with van der Waals surface area (Å²) in [4.78, 5) is 26.5. The van der Waals surface area contributed by atoms with Crippen LogP contribution in [0.4, 0.5) is 0 Å². The van der Waals surface area contributed by atoms with Gasteiger partial charge in [0.15, 0.2) is 6.61 Å². The van der Waals surface area contributed by atoms with Crippen molar-refractivity contribution in [3.8, 4) is 6.07 Å². The second-order valence-corrected chi connectivity index (χ2v) is 6.91. The van der Waals surface area contributed by atoms with Crippen LogP contribution in [0.2, 0.25) is 0 Å². The average molecular weight is 350 g/mol. The number of rotatable bonds is 5. The Balaban J connectivity index is 2.05. The fraction of sp³-hybridized carbons (Fsp3) is 0.286. The first-order valence-corrected chi connectivity index (χ1v) is 8.33. The first-order chi connectivity index (χ1) is 12.3. The fourth-order valence-corrected chi connectivity index (χ4v) is 2.47. The lowest BCUT2D eigenvalue weighted by Crippen LogP contribution is -2.46. The molecule has 0 aromatic heterocycles. The Bertz CT molecular complexity index is 817. The van der Waals surface area contributed by atoms with Crippen LogP contribution in [0.3, 0.4) is 0 Å². The quantitative estimate of drug-likeness (QED) is 0.773. The summed E-state index contributed by atoms with van der Waals surface area (Å²) < 4.78 is 5.16. The lowest BCUT2D eigenvalue weighted by atomic mass is 10.0. The zero-order valence-electron chi connectivity index (χ0n) is 15.2. The summed E-state index contributed by atoms with van der Waals surface area (Å²) in [7, 11) is 0. The first kappa shape index (κ1) is 19.2. The van der Waals surface area contributed by atoms with Crippen molar-refractivity contribution in [3.05, 3.63) is 71.3 Å². The molecule has 0 spiro atoms. The van der Waals surface area contributed by atoms with E-state index in [1.54, 1.807) is 23.1 Å². The number of nitrogens with zero attached hydrogens (tertiary/aromatic N) is 2. The van der Waals surface area contributed by atoms with E-state index in [0.29, 0.717) is 12.1 Å². The minimum Gasteiger partial charge on any atom is -0.452 e. The molecule has 1 amide bonds. The van der Waals surface area contributed by atoms with Gasteiger partial charge < -0.3 is 9.64 Å². The summed E-state index contributed by atoms with van der Waals surface area (Å²) in [6.07, 6.45) is 0. The molecule has 0 atom stereocenters. The number of nitriles is 1. The Labute approximate surface area is 153 Å². The molecule has 134 valence electrons. The summed E-state index contributed by atoms with van der Waals surface area (Å²) in [5, 5.41) is 8.90. The third-order valence-corrected chi connectivity index (χ3v) is 3.85. The van der Waals surface area contributed by atoms with Gasteiger partial charge in [-0.3, -0.25) is 4.79 Å². The maximum Gasteiger partial charge on any atom is 0.338 e. The summed E-state index contributed by atoms with van der Waals surface area (Å²) in [5.74, 6) is -0.893. The Morgan fingerprint density at radius 2 is 1.77 bits per heavy atom. The van der Waals surface area contributed by atoms with E-state index in [1.807, 2.05) is 57.2 Å². The van der Waals surface area contributed by atoms with Gasteiger partial charge in [-0.2, -0.15) is 5.26 Å². The van der Waals surface area contributed by atoms with Gasteiger partial charge in [0, 0.05) is 12.1 Å². The van der Waals surface area contributed by atoms with Gasteiger partial charge in [-0.15, -0.1) is 0 Å². The predicted molar refractivity (Wildman–Crippen MR) is 98.2 cm³/mol. The van der Waals surface area contributed by atoms with Gasteiger partial charge in [0.1, 0.15) is 0 Å². The number of amides is 1. The van der Waals surface area contributed by atoms with Crippen LogP contribution in [0, 0.1) is 11.3 Å². The van der Waals surface area contributed by atoms with Crippen molar-refractivity contribution in [1.29, 1.82) is 5.26 Å². The lowest BCUT2D eigenvalue weighted by molar-refractivity contribution is -0.140. The van der Waals surface area contributed by atoms with Crippen molar-refractivity contribution in [3.63, 3.8) is 0 Å². The van der Waals surface area contributed by atoms with E-state index in [2.05, 4.69) is 0 Å². The van der Waals surface area contributed by atoms with Crippen LogP contribution in [0.1, 0.15) is 42.3 Å². The molecule has 0 bridgehead atoms. The minimum absolute atomic E-state index is 0.252. The van der Waals surface area contributed by atoms with Crippen LogP contribution in [0.15, 0.2) is 54.6 Å². The van der Waals surface area contributed by atoms with E-state index < -0.39 is 11.5 Å². The van der Waals surface area contributed by atoms with Gasteiger partial charge in [0.25, 0.3) is 5.91 Å². The maximum absolute atomic E-state index is 12.6. The van der Waals surface area contributed by atoms with Crippen LogP contribution in [-0.2, 0) is 16.1 Å². The third kappa shape index (κ3) is 5.18. The Morgan fingerprint density at radius 1 is 1.08 bits per heavy atom. The highest BCUT2D eigenvalue weighted by Crippen LogP contribution is 2.18. The third-order valence-electron chi connectivity index (χ3n) is 3.85. The summed E-state index contributed by atoms with van der Waals surface area (Å²) in [6.45, 7) is 5.90. The van der Waals surface area contributed by atoms with Crippen LogP contribution >= 0.6 is 0 Å².